The molecule has 1 fully saturated rings. The van der Waals surface area contributed by atoms with Crippen molar-refractivity contribution in [2.75, 3.05) is 5.73 Å². The molecule has 6 heteroatoms. The number of nitrogens with two attached hydrogens (primary N) is 1. The van der Waals surface area contributed by atoms with E-state index in [0.29, 0.717) is 6.04 Å². The van der Waals surface area contributed by atoms with Gasteiger partial charge >= 0.3 is 0 Å². The second kappa shape index (κ2) is 5.75. The molecule has 0 amide bonds. The smallest absolute Gasteiger partial charge is 0.182 e. The number of nitrogens with zero attached hydrogens (tertiary/aromatic N) is 4. The molecule has 3 rings (SSSR count). The normalized spacial score (nSPS) is 22.4. The Hall–Kier alpha value is -1.43. The monoisotopic (exact) mass is 349 g/mol. The van der Waals surface area contributed by atoms with E-state index in [1.807, 2.05) is 23.7 Å². The van der Waals surface area contributed by atoms with Crippen LogP contribution in [0.2, 0.25) is 0 Å². The van der Waals surface area contributed by atoms with E-state index in [9.17, 15) is 0 Å². The third-order valence-electron chi connectivity index (χ3n) is 4.48. The topological polar surface area (TPSA) is 69.6 Å². The van der Waals surface area contributed by atoms with E-state index >= 15 is 0 Å². The zero-order chi connectivity index (χ0) is 15.0. The number of aromatic nitrogens is 4. The molecule has 2 N–H and O–H groups in total. The Balaban J connectivity index is 2.00. The summed E-state index contributed by atoms with van der Waals surface area (Å²) in [6, 6.07) is 4.35. The Morgan fingerprint density at radius 1 is 1.24 bits per heavy atom. The van der Waals surface area contributed by atoms with Gasteiger partial charge in [-0.3, -0.25) is 0 Å². The molecule has 1 heterocycles. The molecular formula is C15H20BrN5. The fraction of sp³-hybridized carbons (Fsp3) is 0.533. The van der Waals surface area contributed by atoms with Crippen LogP contribution in [-0.4, -0.2) is 20.2 Å². The van der Waals surface area contributed by atoms with E-state index in [4.69, 9.17) is 5.73 Å². The number of hydrogen-bond donors (Lipinski definition) is 1. The number of hydrogen-bond acceptors (Lipinski definition) is 4. The maximum atomic E-state index is 6.07. The van der Waals surface area contributed by atoms with Crippen LogP contribution in [0.25, 0.3) is 11.4 Å². The fourth-order valence-corrected chi connectivity index (χ4v) is 3.51. The molecule has 1 saturated carbocycles. The summed E-state index contributed by atoms with van der Waals surface area (Å²) < 4.78 is 2.94. The van der Waals surface area contributed by atoms with Gasteiger partial charge in [0.25, 0.3) is 0 Å². The lowest BCUT2D eigenvalue weighted by Crippen LogP contribution is -2.19. The lowest BCUT2D eigenvalue weighted by atomic mass is 9.87. The van der Waals surface area contributed by atoms with Crippen molar-refractivity contribution in [1.82, 2.24) is 20.2 Å². The summed E-state index contributed by atoms with van der Waals surface area (Å²) in [7, 11) is 0. The molecule has 112 valence electrons. The van der Waals surface area contributed by atoms with Crippen molar-refractivity contribution in [3.8, 4) is 11.4 Å². The van der Waals surface area contributed by atoms with Gasteiger partial charge in [-0.05, 0) is 66.6 Å². The standard InChI is InChI=1S/C15H20BrN5/c1-9-3-5-12(6-4-9)21-15(18-19-20-21)13-7-11(16)8-14(17)10(13)2/h7-9,12H,3-6,17H2,1-2H3. The van der Waals surface area contributed by atoms with E-state index < -0.39 is 0 Å². The van der Waals surface area contributed by atoms with Crippen molar-refractivity contribution < 1.29 is 0 Å². The summed E-state index contributed by atoms with van der Waals surface area (Å²) in [5.74, 6) is 1.63. The predicted octanol–water partition coefficient (Wildman–Crippen LogP) is 3.74. The minimum atomic E-state index is 0.394. The summed E-state index contributed by atoms with van der Waals surface area (Å²) in [6.45, 7) is 4.33. The molecule has 2 aromatic rings. The number of halogens is 1. The van der Waals surface area contributed by atoms with Crippen LogP contribution in [0.5, 0.6) is 0 Å². The molecule has 0 unspecified atom stereocenters. The summed E-state index contributed by atoms with van der Waals surface area (Å²) in [5, 5.41) is 12.4. The number of benzene rings is 1. The van der Waals surface area contributed by atoms with Gasteiger partial charge in [0.1, 0.15) is 0 Å². The Morgan fingerprint density at radius 2 is 1.95 bits per heavy atom. The first-order chi connectivity index (χ1) is 10.1. The Bertz CT molecular complexity index is 644. The summed E-state index contributed by atoms with van der Waals surface area (Å²) in [4.78, 5) is 0. The number of nitrogen functional groups attached to an aromatic ring is 1. The van der Waals surface area contributed by atoms with Crippen LogP contribution in [0, 0.1) is 12.8 Å². The summed E-state index contributed by atoms with van der Waals surface area (Å²) in [5.41, 5.74) is 8.85. The molecule has 0 aliphatic heterocycles. The summed E-state index contributed by atoms with van der Waals surface area (Å²) in [6.07, 6.45) is 4.76. The largest absolute Gasteiger partial charge is 0.398 e. The van der Waals surface area contributed by atoms with Crippen molar-refractivity contribution in [3.05, 3.63) is 22.2 Å². The molecule has 1 aliphatic rings. The van der Waals surface area contributed by atoms with Gasteiger partial charge in [-0.1, -0.05) is 22.9 Å². The van der Waals surface area contributed by atoms with Gasteiger partial charge in [-0.2, -0.15) is 0 Å². The molecule has 0 saturated heterocycles. The first kappa shape index (κ1) is 14.5. The van der Waals surface area contributed by atoms with Crippen LogP contribution in [0.15, 0.2) is 16.6 Å². The molecule has 0 radical (unpaired) electrons. The van der Waals surface area contributed by atoms with Crippen LogP contribution in [0.1, 0.15) is 44.2 Å². The van der Waals surface area contributed by atoms with Gasteiger partial charge < -0.3 is 5.73 Å². The van der Waals surface area contributed by atoms with Crippen LogP contribution >= 0.6 is 15.9 Å². The van der Waals surface area contributed by atoms with Gasteiger partial charge in [0.15, 0.2) is 5.82 Å². The molecule has 21 heavy (non-hydrogen) atoms. The number of tetrazole rings is 1. The molecule has 5 nitrogen and oxygen atoms in total. The third kappa shape index (κ3) is 2.81. The Kier molecular flexibility index (Phi) is 3.97. The first-order valence-corrected chi connectivity index (χ1v) is 8.19. The molecule has 0 spiro atoms. The molecular weight excluding hydrogens is 330 g/mol. The minimum Gasteiger partial charge on any atom is -0.398 e. The maximum absolute atomic E-state index is 6.07. The molecule has 1 aliphatic carbocycles. The van der Waals surface area contributed by atoms with E-state index in [-0.39, 0.29) is 0 Å². The highest BCUT2D eigenvalue weighted by Crippen LogP contribution is 2.35. The van der Waals surface area contributed by atoms with Gasteiger partial charge in [0.05, 0.1) is 6.04 Å². The van der Waals surface area contributed by atoms with Crippen molar-refractivity contribution in [1.29, 1.82) is 0 Å². The summed E-state index contributed by atoms with van der Waals surface area (Å²) >= 11 is 3.50. The lowest BCUT2D eigenvalue weighted by molar-refractivity contribution is 0.272. The number of anilines is 1. The second-order valence-corrected chi connectivity index (χ2v) is 6.94. The predicted molar refractivity (Wildman–Crippen MR) is 86.8 cm³/mol. The highest BCUT2D eigenvalue weighted by atomic mass is 79.9. The highest BCUT2D eigenvalue weighted by Gasteiger charge is 2.24. The number of rotatable bonds is 2. The SMILES string of the molecule is Cc1c(N)cc(Br)cc1-c1nnnn1C1CCC(C)CC1. The van der Waals surface area contributed by atoms with Gasteiger partial charge in [0.2, 0.25) is 0 Å². The van der Waals surface area contributed by atoms with E-state index in [1.54, 1.807) is 0 Å². The van der Waals surface area contributed by atoms with Crippen LogP contribution in [-0.2, 0) is 0 Å². The average Bonchev–Trinajstić information content (AvgIpc) is 2.93. The quantitative estimate of drug-likeness (QED) is 0.838. The molecule has 1 aromatic heterocycles. The van der Waals surface area contributed by atoms with Crippen molar-refractivity contribution >= 4 is 21.6 Å². The Morgan fingerprint density at radius 3 is 2.67 bits per heavy atom. The van der Waals surface area contributed by atoms with Crippen molar-refractivity contribution in [2.24, 2.45) is 5.92 Å². The maximum Gasteiger partial charge on any atom is 0.182 e. The zero-order valence-corrected chi connectivity index (χ0v) is 14.0. The van der Waals surface area contributed by atoms with Crippen LogP contribution < -0.4 is 5.73 Å². The van der Waals surface area contributed by atoms with Crippen molar-refractivity contribution in [3.63, 3.8) is 0 Å². The molecule has 0 bridgehead atoms. The van der Waals surface area contributed by atoms with E-state index in [0.717, 1.165) is 45.9 Å². The van der Waals surface area contributed by atoms with Crippen molar-refractivity contribution in [2.45, 2.75) is 45.6 Å². The molecule has 0 atom stereocenters. The average molecular weight is 350 g/mol. The minimum absolute atomic E-state index is 0.394. The van der Waals surface area contributed by atoms with Crippen LogP contribution in [0.4, 0.5) is 5.69 Å². The lowest BCUT2D eigenvalue weighted by Gasteiger charge is -2.26. The van der Waals surface area contributed by atoms with E-state index in [1.165, 1.54) is 12.8 Å². The second-order valence-electron chi connectivity index (χ2n) is 6.03. The van der Waals surface area contributed by atoms with Crippen LogP contribution in [0.3, 0.4) is 0 Å². The van der Waals surface area contributed by atoms with Gasteiger partial charge in [0, 0.05) is 15.7 Å². The Labute approximate surface area is 133 Å². The fourth-order valence-electron chi connectivity index (χ4n) is 3.04. The highest BCUT2D eigenvalue weighted by molar-refractivity contribution is 9.10. The zero-order valence-electron chi connectivity index (χ0n) is 12.4. The van der Waals surface area contributed by atoms with Gasteiger partial charge in [-0.15, -0.1) is 5.10 Å². The first-order valence-electron chi connectivity index (χ1n) is 7.40. The third-order valence-corrected chi connectivity index (χ3v) is 4.94. The van der Waals surface area contributed by atoms with E-state index in [2.05, 4.69) is 38.4 Å². The molecule has 1 aromatic carbocycles. The van der Waals surface area contributed by atoms with Gasteiger partial charge in [-0.25, -0.2) is 4.68 Å².